The molecule has 2 heterocycles. The summed E-state index contributed by atoms with van der Waals surface area (Å²) in [5.41, 5.74) is 0. The number of carbonyl (C=O) groups excluding carboxylic acids is 1. The number of hydrogen-bond acceptors (Lipinski definition) is 3. The third-order valence-electron chi connectivity index (χ3n) is 3.67. The van der Waals surface area contributed by atoms with Crippen LogP contribution in [0.5, 0.6) is 0 Å². The molecule has 4 heteroatoms. The molecule has 0 bridgehead atoms. The van der Waals surface area contributed by atoms with Gasteiger partial charge < -0.3 is 10.2 Å². The van der Waals surface area contributed by atoms with Gasteiger partial charge in [0.25, 0.3) is 0 Å². The van der Waals surface area contributed by atoms with E-state index in [2.05, 4.69) is 24.1 Å². The van der Waals surface area contributed by atoms with Crippen molar-refractivity contribution in [3.63, 3.8) is 0 Å². The molecule has 0 aliphatic carbocycles. The third kappa shape index (κ3) is 3.42. The van der Waals surface area contributed by atoms with Gasteiger partial charge in [-0.2, -0.15) is 0 Å². The first-order valence-electron chi connectivity index (χ1n) is 6.91. The summed E-state index contributed by atoms with van der Waals surface area (Å²) in [7, 11) is 0. The van der Waals surface area contributed by atoms with Gasteiger partial charge in [0.15, 0.2) is 0 Å². The third-order valence-corrected chi connectivity index (χ3v) is 3.67. The van der Waals surface area contributed by atoms with Crippen LogP contribution in [0.3, 0.4) is 0 Å². The fraction of sp³-hybridized carbons (Fsp3) is 0.923. The van der Waals surface area contributed by atoms with Crippen LogP contribution in [0.1, 0.15) is 26.7 Å². The Morgan fingerprint density at radius 2 is 2.00 bits per heavy atom. The Morgan fingerprint density at radius 3 is 2.53 bits per heavy atom. The van der Waals surface area contributed by atoms with Gasteiger partial charge in [0.2, 0.25) is 5.91 Å². The lowest BCUT2D eigenvalue weighted by molar-refractivity contribution is -0.134. The molecule has 98 valence electrons. The van der Waals surface area contributed by atoms with Crippen molar-refractivity contribution in [3.8, 4) is 0 Å². The maximum absolute atomic E-state index is 12.2. The standard InChI is InChI=1S/C13H25N3O/c1-11(2)10-15-6-8-16(9-7-15)13(17)12-4-3-5-14-12/h11-12,14H,3-10H2,1-2H3. The molecule has 2 aliphatic rings. The molecule has 2 rings (SSSR count). The highest BCUT2D eigenvalue weighted by Gasteiger charge is 2.29. The zero-order chi connectivity index (χ0) is 12.3. The normalized spacial score (nSPS) is 26.8. The van der Waals surface area contributed by atoms with E-state index in [0.717, 1.165) is 52.1 Å². The van der Waals surface area contributed by atoms with Gasteiger partial charge in [0, 0.05) is 32.7 Å². The van der Waals surface area contributed by atoms with Crippen LogP contribution >= 0.6 is 0 Å². The summed E-state index contributed by atoms with van der Waals surface area (Å²) in [5, 5.41) is 3.29. The second-order valence-electron chi connectivity index (χ2n) is 5.67. The summed E-state index contributed by atoms with van der Waals surface area (Å²) >= 11 is 0. The fourth-order valence-corrected chi connectivity index (χ4v) is 2.78. The van der Waals surface area contributed by atoms with Gasteiger partial charge in [-0.15, -0.1) is 0 Å². The van der Waals surface area contributed by atoms with Crippen LogP contribution in [-0.4, -0.2) is 61.0 Å². The van der Waals surface area contributed by atoms with E-state index in [-0.39, 0.29) is 6.04 Å². The molecule has 1 amide bonds. The van der Waals surface area contributed by atoms with E-state index in [1.54, 1.807) is 0 Å². The minimum absolute atomic E-state index is 0.103. The largest absolute Gasteiger partial charge is 0.339 e. The summed E-state index contributed by atoms with van der Waals surface area (Å²) in [6.07, 6.45) is 2.16. The molecular weight excluding hydrogens is 214 g/mol. The van der Waals surface area contributed by atoms with Crippen molar-refractivity contribution >= 4 is 5.91 Å². The van der Waals surface area contributed by atoms with E-state index >= 15 is 0 Å². The van der Waals surface area contributed by atoms with Crippen LogP contribution in [0.4, 0.5) is 0 Å². The fourth-order valence-electron chi connectivity index (χ4n) is 2.78. The first-order chi connectivity index (χ1) is 8.16. The van der Waals surface area contributed by atoms with Crippen molar-refractivity contribution < 1.29 is 4.79 Å². The molecule has 0 spiro atoms. The van der Waals surface area contributed by atoms with Crippen molar-refractivity contribution in [3.05, 3.63) is 0 Å². The molecule has 2 aliphatic heterocycles. The van der Waals surface area contributed by atoms with Crippen LogP contribution in [0.25, 0.3) is 0 Å². The summed E-state index contributed by atoms with van der Waals surface area (Å²) in [5.74, 6) is 1.04. The average molecular weight is 239 g/mol. The van der Waals surface area contributed by atoms with E-state index in [4.69, 9.17) is 0 Å². The zero-order valence-electron chi connectivity index (χ0n) is 11.1. The van der Waals surface area contributed by atoms with Gasteiger partial charge >= 0.3 is 0 Å². The summed E-state index contributed by atoms with van der Waals surface area (Å²) < 4.78 is 0. The first-order valence-corrected chi connectivity index (χ1v) is 6.91. The minimum atomic E-state index is 0.103. The van der Waals surface area contributed by atoms with Crippen molar-refractivity contribution in [2.45, 2.75) is 32.7 Å². The monoisotopic (exact) mass is 239 g/mol. The van der Waals surface area contributed by atoms with Gasteiger partial charge in [0.05, 0.1) is 6.04 Å². The first kappa shape index (κ1) is 12.8. The highest BCUT2D eigenvalue weighted by atomic mass is 16.2. The summed E-state index contributed by atoms with van der Waals surface area (Å²) in [6.45, 7) is 10.5. The molecule has 17 heavy (non-hydrogen) atoms. The molecule has 1 unspecified atom stereocenters. The molecule has 4 nitrogen and oxygen atoms in total. The molecule has 2 saturated heterocycles. The molecular formula is C13H25N3O. The predicted molar refractivity (Wildman–Crippen MR) is 68.9 cm³/mol. The Balaban J connectivity index is 1.76. The van der Waals surface area contributed by atoms with Crippen molar-refractivity contribution in [1.29, 1.82) is 0 Å². The highest BCUT2D eigenvalue weighted by molar-refractivity contribution is 5.82. The second kappa shape index (κ2) is 5.83. The molecule has 0 aromatic heterocycles. The molecule has 1 N–H and O–H groups in total. The number of hydrogen-bond donors (Lipinski definition) is 1. The summed E-state index contributed by atoms with van der Waals surface area (Å²) in [6, 6.07) is 0.103. The predicted octanol–water partition coefficient (Wildman–Crippen LogP) is 0.539. The van der Waals surface area contributed by atoms with E-state index in [1.165, 1.54) is 0 Å². The number of nitrogens with one attached hydrogen (secondary N) is 1. The van der Waals surface area contributed by atoms with Crippen molar-refractivity contribution in [2.24, 2.45) is 5.92 Å². The van der Waals surface area contributed by atoms with Gasteiger partial charge in [0.1, 0.15) is 0 Å². The number of amides is 1. The molecule has 0 aromatic rings. The maximum atomic E-state index is 12.2. The van der Waals surface area contributed by atoms with Crippen LogP contribution in [-0.2, 0) is 4.79 Å². The average Bonchev–Trinajstić information content (AvgIpc) is 2.82. The number of nitrogens with zero attached hydrogens (tertiary/aromatic N) is 2. The molecule has 1 atom stereocenters. The Labute approximate surface area is 104 Å². The van der Waals surface area contributed by atoms with Crippen molar-refractivity contribution in [2.75, 3.05) is 39.3 Å². The molecule has 2 fully saturated rings. The van der Waals surface area contributed by atoms with E-state index in [1.807, 2.05) is 4.90 Å². The second-order valence-corrected chi connectivity index (χ2v) is 5.67. The van der Waals surface area contributed by atoms with Crippen LogP contribution in [0.15, 0.2) is 0 Å². The smallest absolute Gasteiger partial charge is 0.239 e. The van der Waals surface area contributed by atoms with Gasteiger partial charge in [-0.05, 0) is 25.3 Å². The van der Waals surface area contributed by atoms with Crippen molar-refractivity contribution in [1.82, 2.24) is 15.1 Å². The van der Waals surface area contributed by atoms with E-state index < -0.39 is 0 Å². The number of piperazine rings is 1. The van der Waals surface area contributed by atoms with Gasteiger partial charge in [-0.3, -0.25) is 9.69 Å². The minimum Gasteiger partial charge on any atom is -0.339 e. The van der Waals surface area contributed by atoms with Crippen LogP contribution in [0, 0.1) is 5.92 Å². The highest BCUT2D eigenvalue weighted by Crippen LogP contribution is 2.11. The number of carbonyl (C=O) groups is 1. The van der Waals surface area contributed by atoms with Gasteiger partial charge in [-0.1, -0.05) is 13.8 Å². The lowest BCUT2D eigenvalue weighted by Gasteiger charge is -2.36. The Hall–Kier alpha value is -0.610. The van der Waals surface area contributed by atoms with Gasteiger partial charge in [-0.25, -0.2) is 0 Å². The topological polar surface area (TPSA) is 35.6 Å². The van der Waals surface area contributed by atoms with E-state index in [0.29, 0.717) is 11.8 Å². The van der Waals surface area contributed by atoms with E-state index in [9.17, 15) is 4.79 Å². The molecule has 0 aromatic carbocycles. The van der Waals surface area contributed by atoms with Crippen LogP contribution < -0.4 is 5.32 Å². The lowest BCUT2D eigenvalue weighted by Crippen LogP contribution is -2.53. The maximum Gasteiger partial charge on any atom is 0.239 e. The zero-order valence-corrected chi connectivity index (χ0v) is 11.1. The Bertz CT molecular complexity index is 253. The van der Waals surface area contributed by atoms with Crippen LogP contribution in [0.2, 0.25) is 0 Å². The number of rotatable bonds is 3. The summed E-state index contributed by atoms with van der Waals surface area (Å²) in [4.78, 5) is 16.7. The SMILES string of the molecule is CC(C)CN1CCN(C(=O)C2CCCN2)CC1. The quantitative estimate of drug-likeness (QED) is 0.781. The molecule has 0 radical (unpaired) electrons. The molecule has 0 saturated carbocycles. The Morgan fingerprint density at radius 1 is 1.29 bits per heavy atom. The Kier molecular flexibility index (Phi) is 4.40. The lowest BCUT2D eigenvalue weighted by atomic mass is 10.1.